The highest BCUT2D eigenvalue weighted by atomic mass is 32.2. The lowest BCUT2D eigenvalue weighted by Gasteiger charge is -2.39. The van der Waals surface area contributed by atoms with Crippen molar-refractivity contribution in [3.63, 3.8) is 0 Å². The quantitative estimate of drug-likeness (QED) is 0.905. The van der Waals surface area contributed by atoms with Gasteiger partial charge in [0.05, 0.1) is 13.5 Å². The Kier molecular flexibility index (Phi) is 5.31. The minimum atomic E-state index is -0.718. The third-order valence-electron chi connectivity index (χ3n) is 3.78. The zero-order valence-corrected chi connectivity index (χ0v) is 12.7. The van der Waals surface area contributed by atoms with Crippen molar-refractivity contribution in [3.05, 3.63) is 29.8 Å². The minimum absolute atomic E-state index is 0.114. The summed E-state index contributed by atoms with van der Waals surface area (Å²) in [6.07, 6.45) is 0.216. The molecule has 0 aliphatic carbocycles. The lowest BCUT2D eigenvalue weighted by molar-refractivity contribution is -0.138. The largest absolute Gasteiger partial charge is 0.497 e. The Hall–Kier alpha value is -1.20. The molecule has 1 N–H and O–H groups in total. The molecule has 1 aromatic rings. The van der Waals surface area contributed by atoms with E-state index in [-0.39, 0.29) is 18.5 Å². The number of rotatable bonds is 5. The van der Waals surface area contributed by atoms with Gasteiger partial charge >= 0.3 is 5.97 Å². The van der Waals surface area contributed by atoms with Crippen LogP contribution < -0.4 is 4.74 Å². The summed E-state index contributed by atoms with van der Waals surface area (Å²) < 4.78 is 5.17. The number of ether oxygens (including phenoxy) is 1. The molecule has 0 aromatic heterocycles. The maximum atomic E-state index is 11.0. The van der Waals surface area contributed by atoms with E-state index in [1.807, 2.05) is 23.9 Å². The molecule has 2 rings (SSSR count). The summed E-state index contributed by atoms with van der Waals surface area (Å²) in [7, 11) is 1.66. The van der Waals surface area contributed by atoms with Crippen LogP contribution in [-0.4, -0.2) is 47.2 Å². The SMILES string of the molecule is COc1ccc(C(C)N2CCSCC2CC(=O)O)cc1. The van der Waals surface area contributed by atoms with E-state index in [4.69, 9.17) is 9.84 Å². The van der Waals surface area contributed by atoms with Crippen molar-refractivity contribution < 1.29 is 14.6 Å². The lowest BCUT2D eigenvalue weighted by Crippen LogP contribution is -2.44. The predicted molar refractivity (Wildman–Crippen MR) is 81.5 cm³/mol. The fourth-order valence-corrected chi connectivity index (χ4v) is 3.72. The van der Waals surface area contributed by atoms with E-state index >= 15 is 0 Å². The molecule has 0 amide bonds. The summed E-state index contributed by atoms with van der Waals surface area (Å²) in [6.45, 7) is 3.09. The topological polar surface area (TPSA) is 49.8 Å². The summed E-state index contributed by atoms with van der Waals surface area (Å²) >= 11 is 1.84. The van der Waals surface area contributed by atoms with E-state index in [0.29, 0.717) is 0 Å². The second-order valence-corrected chi connectivity index (χ2v) is 6.16. The van der Waals surface area contributed by atoms with Crippen LogP contribution in [0.3, 0.4) is 0 Å². The van der Waals surface area contributed by atoms with Gasteiger partial charge in [-0.15, -0.1) is 0 Å². The molecule has 1 aliphatic heterocycles. The number of carboxylic acids is 1. The zero-order valence-electron chi connectivity index (χ0n) is 11.9. The Bertz CT molecular complexity index is 449. The first-order valence-corrected chi connectivity index (χ1v) is 7.96. The highest BCUT2D eigenvalue weighted by Gasteiger charge is 2.29. The number of methoxy groups -OCH3 is 1. The standard InChI is InChI=1S/C15H21NO3S/c1-11(12-3-5-14(19-2)6-4-12)16-7-8-20-10-13(16)9-15(17)18/h3-6,11,13H,7-10H2,1-2H3,(H,17,18). The average Bonchev–Trinajstić information content (AvgIpc) is 2.46. The molecule has 20 heavy (non-hydrogen) atoms. The van der Waals surface area contributed by atoms with Crippen LogP contribution >= 0.6 is 11.8 Å². The third kappa shape index (κ3) is 3.67. The number of aliphatic carboxylic acids is 1. The number of hydrogen-bond donors (Lipinski definition) is 1. The highest BCUT2D eigenvalue weighted by molar-refractivity contribution is 7.99. The van der Waals surface area contributed by atoms with Crippen LogP contribution in [0.2, 0.25) is 0 Å². The van der Waals surface area contributed by atoms with E-state index < -0.39 is 5.97 Å². The number of thioether (sulfide) groups is 1. The van der Waals surface area contributed by atoms with Gasteiger partial charge < -0.3 is 9.84 Å². The Morgan fingerprint density at radius 1 is 1.50 bits per heavy atom. The number of carboxylic acid groups (broad SMARTS) is 1. The van der Waals surface area contributed by atoms with Crippen LogP contribution in [-0.2, 0) is 4.79 Å². The molecule has 1 fully saturated rings. The molecule has 0 spiro atoms. The van der Waals surface area contributed by atoms with E-state index in [1.54, 1.807) is 7.11 Å². The number of nitrogens with zero attached hydrogens (tertiary/aromatic N) is 1. The molecule has 0 bridgehead atoms. The van der Waals surface area contributed by atoms with Crippen LogP contribution in [0.4, 0.5) is 0 Å². The van der Waals surface area contributed by atoms with Gasteiger partial charge in [0.2, 0.25) is 0 Å². The van der Waals surface area contributed by atoms with Gasteiger partial charge in [-0.2, -0.15) is 11.8 Å². The van der Waals surface area contributed by atoms with Gasteiger partial charge in [-0.25, -0.2) is 0 Å². The van der Waals surface area contributed by atoms with Crippen LogP contribution in [0.1, 0.15) is 24.9 Å². The molecule has 5 heteroatoms. The second-order valence-electron chi connectivity index (χ2n) is 5.01. The average molecular weight is 295 g/mol. The predicted octanol–water partition coefficient (Wildman–Crippen LogP) is 2.65. The molecule has 0 saturated carbocycles. The number of benzene rings is 1. The van der Waals surface area contributed by atoms with Gasteiger partial charge in [0, 0.05) is 30.1 Å². The van der Waals surface area contributed by atoms with E-state index in [1.165, 1.54) is 5.56 Å². The van der Waals surface area contributed by atoms with E-state index in [9.17, 15) is 4.79 Å². The zero-order chi connectivity index (χ0) is 14.5. The summed E-state index contributed by atoms with van der Waals surface area (Å²) in [5.41, 5.74) is 1.20. The third-order valence-corrected chi connectivity index (χ3v) is 4.87. The van der Waals surface area contributed by atoms with Crippen LogP contribution in [0.15, 0.2) is 24.3 Å². The summed E-state index contributed by atoms with van der Waals surface area (Å²) in [4.78, 5) is 13.3. The second kappa shape index (κ2) is 6.99. The van der Waals surface area contributed by atoms with E-state index in [2.05, 4.69) is 24.0 Å². The smallest absolute Gasteiger partial charge is 0.304 e. The van der Waals surface area contributed by atoms with Gasteiger partial charge in [0.1, 0.15) is 5.75 Å². The summed E-state index contributed by atoms with van der Waals surface area (Å²) in [5.74, 6) is 2.09. The van der Waals surface area contributed by atoms with Crippen LogP contribution in [0.5, 0.6) is 5.75 Å². The fourth-order valence-electron chi connectivity index (χ4n) is 2.63. The summed E-state index contributed by atoms with van der Waals surface area (Å²) in [5, 5.41) is 9.05. The molecular formula is C15H21NO3S. The van der Waals surface area contributed by atoms with Gasteiger partial charge in [-0.3, -0.25) is 9.69 Å². The number of carbonyl (C=O) groups is 1. The van der Waals surface area contributed by atoms with Crippen molar-refractivity contribution >= 4 is 17.7 Å². The van der Waals surface area contributed by atoms with Crippen molar-refractivity contribution in [3.8, 4) is 5.75 Å². The molecule has 4 nitrogen and oxygen atoms in total. The molecule has 1 saturated heterocycles. The lowest BCUT2D eigenvalue weighted by atomic mass is 10.0. The Labute approximate surface area is 124 Å². The Morgan fingerprint density at radius 3 is 2.80 bits per heavy atom. The maximum absolute atomic E-state index is 11.0. The molecule has 2 unspecified atom stereocenters. The monoisotopic (exact) mass is 295 g/mol. The van der Waals surface area contributed by atoms with Crippen molar-refractivity contribution in [2.24, 2.45) is 0 Å². The number of hydrogen-bond acceptors (Lipinski definition) is 4. The molecule has 1 aromatic carbocycles. The van der Waals surface area contributed by atoms with Gasteiger partial charge in [-0.1, -0.05) is 12.1 Å². The molecule has 0 radical (unpaired) electrons. The van der Waals surface area contributed by atoms with Crippen LogP contribution in [0, 0.1) is 0 Å². The first-order valence-electron chi connectivity index (χ1n) is 6.81. The molecule has 1 heterocycles. The van der Waals surface area contributed by atoms with Crippen LogP contribution in [0.25, 0.3) is 0 Å². The Balaban J connectivity index is 2.11. The Morgan fingerprint density at radius 2 is 2.20 bits per heavy atom. The molecular weight excluding hydrogens is 274 g/mol. The van der Waals surface area contributed by atoms with E-state index in [0.717, 1.165) is 23.8 Å². The maximum Gasteiger partial charge on any atom is 0.304 e. The molecule has 2 atom stereocenters. The van der Waals surface area contributed by atoms with Gasteiger partial charge in [0.15, 0.2) is 0 Å². The normalized spacial score (nSPS) is 21.4. The van der Waals surface area contributed by atoms with Crippen molar-refractivity contribution in [1.29, 1.82) is 0 Å². The van der Waals surface area contributed by atoms with Gasteiger partial charge in [-0.05, 0) is 24.6 Å². The van der Waals surface area contributed by atoms with Crippen molar-refractivity contribution in [2.45, 2.75) is 25.4 Å². The highest BCUT2D eigenvalue weighted by Crippen LogP contribution is 2.29. The first kappa shape index (κ1) is 15.2. The summed E-state index contributed by atoms with van der Waals surface area (Å²) in [6, 6.07) is 8.37. The first-order chi connectivity index (χ1) is 9.61. The molecule has 1 aliphatic rings. The van der Waals surface area contributed by atoms with Crippen molar-refractivity contribution in [1.82, 2.24) is 4.90 Å². The van der Waals surface area contributed by atoms with Gasteiger partial charge in [0.25, 0.3) is 0 Å². The molecule has 110 valence electrons. The van der Waals surface area contributed by atoms with Crippen molar-refractivity contribution in [2.75, 3.05) is 25.2 Å². The fraction of sp³-hybridized carbons (Fsp3) is 0.533. The minimum Gasteiger partial charge on any atom is -0.497 e.